The molecule has 1 aliphatic carbocycles. The number of hydrogen-bond acceptors (Lipinski definition) is 6. The van der Waals surface area contributed by atoms with Gasteiger partial charge in [0.1, 0.15) is 16.8 Å². The molecule has 11 heteroatoms. The minimum atomic E-state index is -3.41. The molecule has 1 saturated carbocycles. The Morgan fingerprint density at radius 1 is 1.30 bits per heavy atom. The van der Waals surface area contributed by atoms with Crippen LogP contribution in [0.3, 0.4) is 0 Å². The maximum atomic E-state index is 14.5. The van der Waals surface area contributed by atoms with Crippen molar-refractivity contribution >= 4 is 44.8 Å². The lowest BCUT2D eigenvalue weighted by Gasteiger charge is -2.31. The second-order valence-corrected chi connectivity index (χ2v) is 10.3. The molecule has 0 unspecified atom stereocenters. The lowest BCUT2D eigenvalue weighted by atomic mass is 9.98. The Bertz CT molecular complexity index is 1150. The first-order chi connectivity index (χ1) is 14.2. The van der Waals surface area contributed by atoms with Crippen LogP contribution in [0.25, 0.3) is 11.0 Å². The number of aliphatic imine (C=N–C) groups is 1. The van der Waals surface area contributed by atoms with Crippen LogP contribution in [0.2, 0.25) is 5.02 Å². The van der Waals surface area contributed by atoms with E-state index in [1.165, 1.54) is 6.21 Å². The highest BCUT2D eigenvalue weighted by atomic mass is 35.5. The van der Waals surface area contributed by atoms with E-state index in [2.05, 4.69) is 15.0 Å². The van der Waals surface area contributed by atoms with Crippen LogP contribution in [-0.4, -0.2) is 59.0 Å². The fraction of sp³-hybridized carbons (Fsp3) is 0.579. The van der Waals surface area contributed by atoms with Crippen LogP contribution in [-0.2, 0) is 10.0 Å². The fourth-order valence-electron chi connectivity index (χ4n) is 4.17. The molecule has 1 aliphatic heterocycles. The van der Waals surface area contributed by atoms with Crippen LogP contribution >= 0.6 is 11.6 Å². The van der Waals surface area contributed by atoms with Crippen LogP contribution in [0.4, 0.5) is 10.3 Å². The molecule has 2 atom stereocenters. The molecule has 0 aromatic carbocycles. The van der Waals surface area contributed by atoms with E-state index in [1.54, 1.807) is 16.8 Å². The number of alkyl halides is 1. The van der Waals surface area contributed by atoms with E-state index in [0.717, 1.165) is 36.2 Å². The van der Waals surface area contributed by atoms with Crippen molar-refractivity contribution in [3.63, 3.8) is 0 Å². The second kappa shape index (κ2) is 8.32. The standard InChI is InChI=1S/C19H23ClFN5O3S/c1-30(28,29)25-7-6-12(16(21)11-25)9-22-19-23-10-13-8-15(20)18(27)26(17(13)24-19)14-4-2-3-5-14/h8-10,12,14,16H,2-7,11H2,1H3/t12-,16+/m0/s1. The number of fused-ring (bicyclic) bond motifs is 1. The van der Waals surface area contributed by atoms with Gasteiger partial charge in [-0.1, -0.05) is 24.4 Å². The zero-order valence-electron chi connectivity index (χ0n) is 16.5. The molecule has 1 saturated heterocycles. The van der Waals surface area contributed by atoms with E-state index >= 15 is 0 Å². The average Bonchev–Trinajstić information content (AvgIpc) is 3.21. The monoisotopic (exact) mass is 455 g/mol. The maximum absolute atomic E-state index is 14.5. The molecule has 0 spiro atoms. The van der Waals surface area contributed by atoms with Gasteiger partial charge in [-0.15, -0.1) is 0 Å². The zero-order chi connectivity index (χ0) is 21.5. The van der Waals surface area contributed by atoms with Gasteiger partial charge in [-0.2, -0.15) is 9.29 Å². The van der Waals surface area contributed by atoms with Gasteiger partial charge in [0, 0.05) is 42.8 Å². The summed E-state index contributed by atoms with van der Waals surface area (Å²) in [6, 6.07) is 1.59. The first kappa shape index (κ1) is 21.3. The molecule has 0 radical (unpaired) electrons. The molecular formula is C19H23ClFN5O3S. The van der Waals surface area contributed by atoms with Gasteiger partial charge >= 0.3 is 0 Å². The average molecular weight is 456 g/mol. The van der Waals surface area contributed by atoms with E-state index in [9.17, 15) is 17.6 Å². The minimum Gasteiger partial charge on any atom is -0.288 e. The molecule has 2 fully saturated rings. The highest BCUT2D eigenvalue weighted by Gasteiger charge is 2.32. The first-order valence-electron chi connectivity index (χ1n) is 9.95. The predicted octanol–water partition coefficient (Wildman–Crippen LogP) is 2.88. The Kier molecular flexibility index (Phi) is 5.91. The summed E-state index contributed by atoms with van der Waals surface area (Å²) >= 11 is 6.13. The number of aromatic nitrogens is 3. The van der Waals surface area contributed by atoms with Crippen molar-refractivity contribution < 1.29 is 12.8 Å². The van der Waals surface area contributed by atoms with E-state index in [1.807, 2.05) is 0 Å². The SMILES string of the molecule is CS(=O)(=O)N1CC[C@@H](C=Nc2ncc3cc(Cl)c(=O)n(C4CCCC4)c3n2)[C@H](F)C1. The second-order valence-electron chi connectivity index (χ2n) is 7.92. The van der Waals surface area contributed by atoms with Gasteiger partial charge in [-0.25, -0.2) is 22.8 Å². The van der Waals surface area contributed by atoms with Crippen molar-refractivity contribution in [3.05, 3.63) is 27.6 Å². The maximum Gasteiger partial charge on any atom is 0.271 e. The highest BCUT2D eigenvalue weighted by Crippen LogP contribution is 2.31. The molecular weight excluding hydrogens is 433 g/mol. The largest absolute Gasteiger partial charge is 0.288 e. The molecule has 0 bridgehead atoms. The van der Waals surface area contributed by atoms with Crippen molar-refractivity contribution in [1.82, 2.24) is 18.8 Å². The third-order valence-electron chi connectivity index (χ3n) is 5.81. The predicted molar refractivity (Wildman–Crippen MR) is 114 cm³/mol. The number of halogens is 2. The number of pyridine rings is 1. The quantitative estimate of drug-likeness (QED) is 0.660. The summed E-state index contributed by atoms with van der Waals surface area (Å²) in [5.41, 5.74) is 0.198. The van der Waals surface area contributed by atoms with E-state index in [-0.39, 0.29) is 35.7 Å². The lowest BCUT2D eigenvalue weighted by molar-refractivity contribution is 0.173. The van der Waals surface area contributed by atoms with Crippen molar-refractivity contribution in [2.75, 3.05) is 19.3 Å². The first-order valence-corrected chi connectivity index (χ1v) is 12.2. The third kappa shape index (κ3) is 4.26. The number of nitrogens with zero attached hydrogens (tertiary/aromatic N) is 5. The summed E-state index contributed by atoms with van der Waals surface area (Å²) in [4.78, 5) is 25.6. The Labute approximate surface area is 178 Å². The fourth-order valence-corrected chi connectivity index (χ4v) is 5.23. The van der Waals surface area contributed by atoms with Crippen LogP contribution < -0.4 is 5.56 Å². The van der Waals surface area contributed by atoms with Crippen molar-refractivity contribution in [2.45, 2.75) is 44.3 Å². The Morgan fingerprint density at radius 3 is 2.70 bits per heavy atom. The summed E-state index contributed by atoms with van der Waals surface area (Å²) in [7, 11) is -3.41. The summed E-state index contributed by atoms with van der Waals surface area (Å²) in [6.45, 7) is 0.0576. The van der Waals surface area contributed by atoms with Crippen molar-refractivity contribution in [3.8, 4) is 0 Å². The summed E-state index contributed by atoms with van der Waals surface area (Å²) in [5, 5.41) is 0.780. The molecule has 2 aromatic rings. The zero-order valence-corrected chi connectivity index (χ0v) is 18.1. The van der Waals surface area contributed by atoms with Crippen LogP contribution in [0.5, 0.6) is 0 Å². The van der Waals surface area contributed by atoms with E-state index < -0.39 is 22.1 Å². The normalized spacial score (nSPS) is 24.2. The van der Waals surface area contributed by atoms with Gasteiger partial charge in [0.25, 0.3) is 11.5 Å². The molecule has 4 rings (SSSR count). The number of hydrogen-bond donors (Lipinski definition) is 0. The molecule has 3 heterocycles. The summed E-state index contributed by atoms with van der Waals surface area (Å²) in [5.74, 6) is -0.391. The van der Waals surface area contributed by atoms with Gasteiger partial charge in [-0.3, -0.25) is 9.36 Å². The smallest absolute Gasteiger partial charge is 0.271 e. The van der Waals surface area contributed by atoms with E-state index in [0.29, 0.717) is 17.5 Å². The van der Waals surface area contributed by atoms with Gasteiger partial charge in [0.05, 0.1) is 6.26 Å². The molecule has 8 nitrogen and oxygen atoms in total. The van der Waals surface area contributed by atoms with E-state index in [4.69, 9.17) is 11.6 Å². The van der Waals surface area contributed by atoms with Crippen LogP contribution in [0, 0.1) is 5.92 Å². The molecule has 0 amide bonds. The van der Waals surface area contributed by atoms with Gasteiger partial charge < -0.3 is 0 Å². The Morgan fingerprint density at radius 2 is 2.03 bits per heavy atom. The van der Waals surface area contributed by atoms with Crippen LogP contribution in [0.15, 0.2) is 22.1 Å². The Balaban J connectivity index is 1.62. The lowest BCUT2D eigenvalue weighted by Crippen LogP contribution is -2.44. The van der Waals surface area contributed by atoms with Crippen molar-refractivity contribution in [2.24, 2.45) is 10.9 Å². The summed E-state index contributed by atoms with van der Waals surface area (Å²) < 4.78 is 40.4. The highest BCUT2D eigenvalue weighted by molar-refractivity contribution is 7.88. The minimum absolute atomic E-state index is 0.0426. The van der Waals surface area contributed by atoms with Gasteiger partial charge in [-0.05, 0) is 25.3 Å². The molecule has 30 heavy (non-hydrogen) atoms. The van der Waals surface area contributed by atoms with Gasteiger partial charge in [0.15, 0.2) is 0 Å². The number of sulfonamides is 1. The van der Waals surface area contributed by atoms with Crippen molar-refractivity contribution in [1.29, 1.82) is 0 Å². The number of rotatable bonds is 4. The third-order valence-corrected chi connectivity index (χ3v) is 7.35. The Hall–Kier alpha value is -1.91. The molecule has 0 N–H and O–H groups in total. The number of piperidine rings is 1. The molecule has 2 aromatic heterocycles. The topological polar surface area (TPSA) is 97.5 Å². The molecule has 2 aliphatic rings. The van der Waals surface area contributed by atoms with Gasteiger partial charge in [0.2, 0.25) is 10.0 Å². The summed E-state index contributed by atoms with van der Waals surface area (Å²) in [6.07, 6.45) is 6.93. The molecule has 162 valence electrons. The van der Waals surface area contributed by atoms with Crippen LogP contribution in [0.1, 0.15) is 38.1 Å².